The van der Waals surface area contributed by atoms with E-state index in [1.54, 1.807) is 26.0 Å². The second-order valence-electron chi connectivity index (χ2n) is 7.40. The minimum absolute atomic E-state index is 0.0617. The van der Waals surface area contributed by atoms with Crippen LogP contribution in [0.4, 0.5) is 30.4 Å². The maximum atomic E-state index is 13.0. The Labute approximate surface area is 197 Å². The fourth-order valence-corrected chi connectivity index (χ4v) is 3.30. The van der Waals surface area contributed by atoms with Crippen molar-refractivity contribution in [1.82, 2.24) is 9.97 Å². The summed E-state index contributed by atoms with van der Waals surface area (Å²) < 4.78 is 38.9. The molecule has 0 radical (unpaired) electrons. The van der Waals surface area contributed by atoms with E-state index in [2.05, 4.69) is 20.6 Å². The number of nitrogens with one attached hydrogen (secondary N) is 2. The van der Waals surface area contributed by atoms with Gasteiger partial charge < -0.3 is 10.6 Å². The summed E-state index contributed by atoms with van der Waals surface area (Å²) in [6.45, 7) is 3.40. The van der Waals surface area contributed by atoms with Crippen LogP contribution in [0.15, 0.2) is 42.6 Å². The number of amides is 2. The van der Waals surface area contributed by atoms with Crippen LogP contribution in [0.1, 0.15) is 37.4 Å². The lowest BCUT2D eigenvalue weighted by molar-refractivity contribution is -0.137. The van der Waals surface area contributed by atoms with Gasteiger partial charge in [-0.15, -0.1) is 0 Å². The van der Waals surface area contributed by atoms with Gasteiger partial charge in [-0.05, 0) is 60.8 Å². The van der Waals surface area contributed by atoms with Gasteiger partial charge in [0.1, 0.15) is 5.56 Å². The quantitative estimate of drug-likeness (QED) is 0.273. The molecule has 0 aliphatic heterocycles. The Balaban J connectivity index is 1.89. The number of nitrogens with two attached hydrogens (primary N) is 1. The molecule has 4 N–H and O–H groups in total. The number of nitrogens with zero attached hydrogens (tertiary/aromatic N) is 3. The fraction of sp³-hybridized carbons (Fsp3) is 0.182. The van der Waals surface area contributed by atoms with Gasteiger partial charge in [0.15, 0.2) is 5.82 Å². The number of alkyl halides is 3. The first kappa shape index (κ1) is 24.9. The highest BCUT2D eigenvalue weighted by Gasteiger charge is 2.31. The van der Waals surface area contributed by atoms with Crippen LogP contribution in [0.3, 0.4) is 0 Å². The zero-order valence-corrected chi connectivity index (χ0v) is 19.0. The lowest BCUT2D eigenvalue weighted by Gasteiger charge is -2.18. The summed E-state index contributed by atoms with van der Waals surface area (Å²) in [4.78, 5) is 33.3. The zero-order chi connectivity index (χ0) is 25.2. The molecule has 8 nitrogen and oxygen atoms in total. The Hall–Kier alpha value is -3.70. The second kappa shape index (κ2) is 9.65. The molecule has 0 aliphatic carbocycles. The van der Waals surface area contributed by atoms with Crippen molar-refractivity contribution in [3.63, 3.8) is 0 Å². The summed E-state index contributed by atoms with van der Waals surface area (Å²) in [6.07, 6.45) is -3.34. The van der Waals surface area contributed by atoms with Crippen LogP contribution in [0.25, 0.3) is 0 Å². The molecule has 0 fully saturated rings. The van der Waals surface area contributed by atoms with Gasteiger partial charge in [0.2, 0.25) is 5.28 Å². The van der Waals surface area contributed by atoms with Crippen molar-refractivity contribution in [3.05, 3.63) is 75.7 Å². The smallest absolute Gasteiger partial charge is 0.322 e. The summed E-state index contributed by atoms with van der Waals surface area (Å²) >= 11 is 5.79. The number of hydrazine groups is 1. The summed E-state index contributed by atoms with van der Waals surface area (Å²) in [6, 6.07) is 7.34. The van der Waals surface area contributed by atoms with Crippen molar-refractivity contribution in [3.8, 4) is 0 Å². The van der Waals surface area contributed by atoms with Crippen LogP contribution < -0.4 is 21.5 Å². The zero-order valence-electron chi connectivity index (χ0n) is 18.3. The van der Waals surface area contributed by atoms with Crippen molar-refractivity contribution < 1.29 is 22.8 Å². The molecule has 2 aromatic carbocycles. The van der Waals surface area contributed by atoms with Gasteiger partial charge in [-0.1, -0.05) is 12.1 Å². The lowest BCUT2D eigenvalue weighted by atomic mass is 10.1. The van der Waals surface area contributed by atoms with Gasteiger partial charge in [0, 0.05) is 30.2 Å². The number of aromatic nitrogens is 2. The van der Waals surface area contributed by atoms with Crippen LogP contribution >= 0.6 is 11.6 Å². The normalized spacial score (nSPS) is 11.2. The summed E-state index contributed by atoms with van der Waals surface area (Å²) in [5.41, 5.74) is 0.853. The largest absolute Gasteiger partial charge is 0.416 e. The average Bonchev–Trinajstić information content (AvgIpc) is 2.77. The van der Waals surface area contributed by atoms with E-state index in [1.807, 2.05) is 0 Å². The van der Waals surface area contributed by atoms with Crippen molar-refractivity contribution in [2.75, 3.05) is 22.7 Å². The standard InChI is InChI=1S/C22H20ClF3N6O2/c1-11-7-8-16(29-19(33)13-5-4-6-14(9-13)22(24,25)26)12(2)17(11)30-20(34)15-10-28-21(23)31-18(15)32(3)27/h4-10H,27H2,1-3H3,(H,29,33)(H,30,34). The number of halogens is 4. The predicted molar refractivity (Wildman–Crippen MR) is 123 cm³/mol. The Morgan fingerprint density at radius 3 is 2.44 bits per heavy atom. The fourth-order valence-electron chi connectivity index (χ4n) is 3.17. The van der Waals surface area contributed by atoms with Crippen molar-refractivity contribution >= 4 is 40.6 Å². The minimum Gasteiger partial charge on any atom is -0.322 e. The van der Waals surface area contributed by atoms with E-state index in [0.717, 1.165) is 23.2 Å². The highest BCUT2D eigenvalue weighted by atomic mass is 35.5. The van der Waals surface area contributed by atoms with Crippen LogP contribution in [0.2, 0.25) is 5.28 Å². The van der Waals surface area contributed by atoms with E-state index in [9.17, 15) is 22.8 Å². The minimum atomic E-state index is -4.57. The number of carbonyl (C=O) groups excluding carboxylic acids is 2. The summed E-state index contributed by atoms with van der Waals surface area (Å²) in [5, 5.41) is 6.37. The Morgan fingerprint density at radius 1 is 1.09 bits per heavy atom. The number of aryl methyl sites for hydroxylation is 1. The number of benzene rings is 2. The molecule has 0 bridgehead atoms. The summed E-state index contributed by atoms with van der Waals surface area (Å²) in [7, 11) is 1.48. The van der Waals surface area contributed by atoms with E-state index in [0.29, 0.717) is 22.5 Å². The van der Waals surface area contributed by atoms with Gasteiger partial charge in [0.25, 0.3) is 11.8 Å². The number of hydrogen-bond donors (Lipinski definition) is 3. The van der Waals surface area contributed by atoms with Gasteiger partial charge >= 0.3 is 6.18 Å². The van der Waals surface area contributed by atoms with E-state index in [1.165, 1.54) is 19.3 Å². The molecule has 3 rings (SSSR count). The number of hydrogen-bond acceptors (Lipinski definition) is 6. The topological polar surface area (TPSA) is 113 Å². The molecule has 34 heavy (non-hydrogen) atoms. The first-order valence-electron chi connectivity index (χ1n) is 9.79. The van der Waals surface area contributed by atoms with Gasteiger partial charge in [-0.25, -0.2) is 10.8 Å². The van der Waals surface area contributed by atoms with Crippen LogP contribution in [-0.4, -0.2) is 28.8 Å². The Kier molecular flexibility index (Phi) is 7.08. The van der Waals surface area contributed by atoms with Crippen LogP contribution in [0.5, 0.6) is 0 Å². The van der Waals surface area contributed by atoms with Crippen LogP contribution in [-0.2, 0) is 6.18 Å². The molecule has 178 valence electrons. The highest BCUT2D eigenvalue weighted by Crippen LogP contribution is 2.31. The number of carbonyl (C=O) groups is 2. The van der Waals surface area contributed by atoms with Gasteiger partial charge in [0.05, 0.1) is 5.56 Å². The third kappa shape index (κ3) is 5.43. The monoisotopic (exact) mass is 492 g/mol. The maximum Gasteiger partial charge on any atom is 0.416 e. The SMILES string of the molecule is Cc1ccc(NC(=O)c2cccc(C(F)(F)F)c2)c(C)c1NC(=O)c1cnc(Cl)nc1N(C)N. The lowest BCUT2D eigenvalue weighted by Crippen LogP contribution is -2.29. The summed E-state index contributed by atoms with van der Waals surface area (Å²) in [5.74, 6) is 4.53. The molecule has 1 aromatic heterocycles. The second-order valence-corrected chi connectivity index (χ2v) is 7.74. The molecule has 1 heterocycles. The third-order valence-corrected chi connectivity index (χ3v) is 5.11. The number of rotatable bonds is 5. The van der Waals surface area contributed by atoms with Crippen molar-refractivity contribution in [2.45, 2.75) is 20.0 Å². The molecule has 0 aliphatic rings. The van der Waals surface area contributed by atoms with Crippen molar-refractivity contribution in [2.24, 2.45) is 5.84 Å². The molecule has 0 unspecified atom stereocenters. The highest BCUT2D eigenvalue weighted by molar-refractivity contribution is 6.28. The van der Waals surface area contributed by atoms with Gasteiger partial charge in [-0.3, -0.25) is 14.6 Å². The predicted octanol–water partition coefficient (Wildman–Crippen LogP) is 4.58. The van der Waals surface area contributed by atoms with E-state index < -0.39 is 23.6 Å². The maximum absolute atomic E-state index is 13.0. The number of anilines is 3. The first-order chi connectivity index (χ1) is 15.9. The van der Waals surface area contributed by atoms with E-state index in [-0.39, 0.29) is 22.2 Å². The van der Waals surface area contributed by atoms with Crippen LogP contribution in [0, 0.1) is 13.8 Å². The molecule has 2 amide bonds. The molecular formula is C22H20ClF3N6O2. The molecule has 0 saturated heterocycles. The average molecular weight is 493 g/mol. The molecule has 3 aromatic rings. The molecular weight excluding hydrogens is 473 g/mol. The third-order valence-electron chi connectivity index (χ3n) is 4.93. The van der Waals surface area contributed by atoms with Crippen molar-refractivity contribution in [1.29, 1.82) is 0 Å². The van der Waals surface area contributed by atoms with E-state index in [4.69, 9.17) is 17.4 Å². The molecule has 0 atom stereocenters. The van der Waals surface area contributed by atoms with Gasteiger partial charge in [-0.2, -0.15) is 18.2 Å². The molecule has 0 spiro atoms. The molecule has 0 saturated carbocycles. The van der Waals surface area contributed by atoms with E-state index >= 15 is 0 Å². The Morgan fingerprint density at radius 2 is 1.79 bits per heavy atom. The first-order valence-corrected chi connectivity index (χ1v) is 10.2. The molecule has 12 heteroatoms. The Bertz CT molecular complexity index is 1260.